The highest BCUT2D eigenvalue weighted by Gasteiger charge is 2.35. The predicted octanol–water partition coefficient (Wildman–Crippen LogP) is 4.62. The van der Waals surface area contributed by atoms with Gasteiger partial charge in [-0.1, -0.05) is 48.5 Å². The second-order valence-corrected chi connectivity index (χ2v) is 14.5. The molecule has 3 heterocycles. The Balaban J connectivity index is 0.987. The van der Waals surface area contributed by atoms with E-state index >= 15 is 0 Å². The maximum absolute atomic E-state index is 13.6. The maximum Gasteiger partial charge on any atom is 0.253 e. The summed E-state index contributed by atoms with van der Waals surface area (Å²) in [7, 11) is 0. The number of nitrogens with zero attached hydrogens (tertiary/aromatic N) is 3. The van der Waals surface area contributed by atoms with Crippen molar-refractivity contribution in [1.29, 1.82) is 0 Å². The zero-order chi connectivity index (χ0) is 34.2. The van der Waals surface area contributed by atoms with Crippen molar-refractivity contribution in [3.63, 3.8) is 0 Å². The Bertz CT molecular complexity index is 2510. The van der Waals surface area contributed by atoms with Gasteiger partial charge in [0.2, 0.25) is 5.91 Å². The monoisotopic (exact) mass is 670 g/mol. The Morgan fingerprint density at radius 1 is 0.843 bits per heavy atom. The average molecular weight is 671 g/mol. The molecule has 1 unspecified atom stereocenters. The molecule has 1 aromatic heterocycles. The van der Waals surface area contributed by atoms with Crippen LogP contribution in [0.1, 0.15) is 63.4 Å². The molecule has 2 fully saturated rings. The van der Waals surface area contributed by atoms with Gasteiger partial charge in [0.25, 0.3) is 5.91 Å². The van der Waals surface area contributed by atoms with E-state index in [0.29, 0.717) is 38.3 Å². The molecule has 8 heteroatoms. The van der Waals surface area contributed by atoms with E-state index in [9.17, 15) is 14.4 Å². The Morgan fingerprint density at radius 3 is 2.51 bits per heavy atom. The summed E-state index contributed by atoms with van der Waals surface area (Å²) >= 11 is 0. The Labute approximate surface area is 295 Å². The lowest BCUT2D eigenvalue weighted by Gasteiger charge is -2.35. The molecule has 1 saturated carbocycles. The zero-order valence-corrected chi connectivity index (χ0v) is 28.2. The van der Waals surface area contributed by atoms with E-state index in [1.807, 2.05) is 34.1 Å². The van der Waals surface area contributed by atoms with Gasteiger partial charge in [-0.2, -0.15) is 0 Å². The highest BCUT2D eigenvalue weighted by atomic mass is 16.2. The number of ketones is 1. The topological polar surface area (TPSA) is 94.6 Å². The number of fused-ring (bicyclic) bond motifs is 5. The molecule has 8 nitrogen and oxygen atoms in total. The van der Waals surface area contributed by atoms with Crippen LogP contribution in [-0.4, -0.2) is 58.6 Å². The number of anilines is 1. The third-order valence-electron chi connectivity index (χ3n) is 11.4. The van der Waals surface area contributed by atoms with E-state index in [4.69, 9.17) is 0 Å². The number of rotatable bonds is 4. The van der Waals surface area contributed by atoms with Crippen molar-refractivity contribution in [3.8, 4) is 0 Å². The van der Waals surface area contributed by atoms with Crippen molar-refractivity contribution in [1.82, 2.24) is 20.2 Å². The number of benzene rings is 4. The van der Waals surface area contributed by atoms with Gasteiger partial charge >= 0.3 is 0 Å². The molecule has 1 radical (unpaired) electrons. The van der Waals surface area contributed by atoms with Gasteiger partial charge in [-0.3, -0.25) is 14.4 Å². The fraction of sp³-hybridized carbons (Fsp3) is 0.256. The van der Waals surface area contributed by atoms with Crippen LogP contribution in [0, 0.1) is 12.1 Å². The second kappa shape index (κ2) is 11.7. The molecule has 3 aliphatic carbocycles. The number of piperazine rings is 1. The van der Waals surface area contributed by atoms with E-state index in [2.05, 4.69) is 70.6 Å². The first kappa shape index (κ1) is 30.2. The third kappa shape index (κ3) is 5.08. The van der Waals surface area contributed by atoms with E-state index < -0.39 is 0 Å². The molecule has 0 spiro atoms. The summed E-state index contributed by atoms with van der Waals surface area (Å²) in [4.78, 5) is 47.8. The van der Waals surface area contributed by atoms with Crippen molar-refractivity contribution in [3.05, 3.63) is 123 Å². The minimum absolute atomic E-state index is 0.0177. The number of allylic oxidation sites excluding steroid dienone is 1. The number of amides is 2. The van der Waals surface area contributed by atoms with Gasteiger partial charge in [0, 0.05) is 55.5 Å². The Morgan fingerprint density at radius 2 is 1.65 bits per heavy atom. The van der Waals surface area contributed by atoms with E-state index in [0.717, 1.165) is 86.1 Å². The van der Waals surface area contributed by atoms with Crippen LogP contribution >= 0.6 is 0 Å². The SMILES string of the molecule is O=C1C=C(c2ccc3n[c]cc4c3c2CNN4)c2ccc3c4c(ccc3c2=C1)CCC(c1cccc(C(=O)N2CCN(C(=O)C3CC3)CC2)c1)C=4. The van der Waals surface area contributed by atoms with Crippen molar-refractivity contribution in [2.24, 2.45) is 5.92 Å². The molecule has 251 valence electrons. The van der Waals surface area contributed by atoms with Gasteiger partial charge in [0.15, 0.2) is 5.78 Å². The smallest absolute Gasteiger partial charge is 0.253 e. The molecule has 51 heavy (non-hydrogen) atoms. The van der Waals surface area contributed by atoms with Gasteiger partial charge in [-0.05, 0) is 117 Å². The number of carbonyl (C=O) groups excluding carboxylic acids is 3. The highest BCUT2D eigenvalue weighted by Crippen LogP contribution is 2.37. The molecular weight excluding hydrogens is 635 g/mol. The highest BCUT2D eigenvalue weighted by molar-refractivity contribution is 6.21. The molecule has 5 aliphatic rings. The van der Waals surface area contributed by atoms with Crippen LogP contribution < -0.4 is 21.3 Å². The van der Waals surface area contributed by atoms with Gasteiger partial charge in [0.05, 0.1) is 17.4 Å². The van der Waals surface area contributed by atoms with Gasteiger partial charge in [-0.15, -0.1) is 0 Å². The largest absolute Gasteiger partial charge is 0.339 e. The summed E-state index contributed by atoms with van der Waals surface area (Å²) in [6, 6.07) is 22.8. The van der Waals surface area contributed by atoms with E-state index in [1.165, 1.54) is 10.8 Å². The molecule has 1 atom stereocenters. The normalized spacial score (nSPS) is 19.4. The molecule has 4 aromatic carbocycles. The first-order valence-corrected chi connectivity index (χ1v) is 18.0. The summed E-state index contributed by atoms with van der Waals surface area (Å²) in [6.45, 7) is 2.98. The minimum Gasteiger partial charge on any atom is -0.339 e. The molecule has 1 saturated heterocycles. The minimum atomic E-state index is -0.0177. The van der Waals surface area contributed by atoms with Gasteiger partial charge < -0.3 is 15.2 Å². The fourth-order valence-electron chi connectivity index (χ4n) is 8.62. The van der Waals surface area contributed by atoms with E-state index in [-0.39, 0.29) is 29.4 Å². The van der Waals surface area contributed by atoms with Crippen molar-refractivity contribution in [2.45, 2.75) is 38.1 Å². The molecule has 2 amide bonds. The number of pyridine rings is 1. The predicted molar refractivity (Wildman–Crippen MR) is 198 cm³/mol. The summed E-state index contributed by atoms with van der Waals surface area (Å²) in [5.74, 6) is 0.642. The second-order valence-electron chi connectivity index (χ2n) is 14.5. The summed E-state index contributed by atoms with van der Waals surface area (Å²) < 4.78 is 0. The van der Waals surface area contributed by atoms with Crippen LogP contribution in [0.15, 0.2) is 72.8 Å². The number of hydrogen-bond donors (Lipinski definition) is 2. The summed E-state index contributed by atoms with van der Waals surface area (Å²) in [5.41, 5.74) is 15.6. The number of hydrazine groups is 1. The number of nitrogens with one attached hydrogen (secondary N) is 2. The zero-order valence-electron chi connectivity index (χ0n) is 28.2. The quantitative estimate of drug-likeness (QED) is 0.290. The molecule has 2 aliphatic heterocycles. The number of hydrogen-bond acceptors (Lipinski definition) is 6. The molecule has 2 N–H and O–H groups in total. The van der Waals surface area contributed by atoms with E-state index in [1.54, 1.807) is 12.2 Å². The summed E-state index contributed by atoms with van der Waals surface area (Å²) in [6.07, 6.45) is 12.8. The fourth-order valence-corrected chi connectivity index (χ4v) is 8.62. The lowest BCUT2D eigenvalue weighted by atomic mass is 9.82. The Hall–Kier alpha value is -5.60. The number of aromatic nitrogens is 1. The van der Waals surface area contributed by atoms with Crippen LogP contribution in [0.4, 0.5) is 5.69 Å². The van der Waals surface area contributed by atoms with Crippen LogP contribution in [0.25, 0.3) is 39.4 Å². The lowest BCUT2D eigenvalue weighted by Crippen LogP contribution is -2.51. The maximum atomic E-state index is 13.6. The standard InChI is InChI=1S/C43H36N5O3/c49-30-22-36-32-9-8-25-4-7-28(27-2-1-3-29(20-27)43(51)48-18-16-47(17-19-48)42(50)26-5-6-26)21-35(25)31(32)10-11-33(36)37(23-30)34-12-13-39-41-38(34)24-45-46-40(41)14-15-44-39/h1-3,8-14,20-23,26,28,45-46H,4-7,16-19,24H2. The average Bonchev–Trinajstić information content (AvgIpc) is 4.03. The van der Waals surface area contributed by atoms with Gasteiger partial charge in [-0.25, -0.2) is 10.4 Å². The molecule has 10 rings (SSSR count). The Kier molecular flexibility index (Phi) is 6.96. The molecule has 5 aromatic rings. The molecule has 0 bridgehead atoms. The first-order chi connectivity index (χ1) is 25.0. The van der Waals surface area contributed by atoms with Crippen molar-refractivity contribution >= 4 is 62.7 Å². The van der Waals surface area contributed by atoms with Crippen LogP contribution in [-0.2, 0) is 22.6 Å². The van der Waals surface area contributed by atoms with Gasteiger partial charge in [0.1, 0.15) is 0 Å². The van der Waals surface area contributed by atoms with Crippen molar-refractivity contribution < 1.29 is 14.4 Å². The van der Waals surface area contributed by atoms with Crippen LogP contribution in [0.2, 0.25) is 0 Å². The van der Waals surface area contributed by atoms with Crippen LogP contribution in [0.3, 0.4) is 0 Å². The summed E-state index contributed by atoms with van der Waals surface area (Å²) in [5, 5.41) is 5.42. The van der Waals surface area contributed by atoms with Crippen LogP contribution in [0.5, 0.6) is 0 Å². The number of aryl methyl sites for hydroxylation is 1. The molecular formula is C43H36N5O3. The lowest BCUT2D eigenvalue weighted by molar-refractivity contribution is -0.134. The van der Waals surface area contributed by atoms with Crippen molar-refractivity contribution in [2.75, 3.05) is 31.6 Å². The number of carbonyl (C=O) groups is 3. The first-order valence-electron chi connectivity index (χ1n) is 18.0. The third-order valence-corrected chi connectivity index (χ3v) is 11.4.